The number of amides is 2. The van der Waals surface area contributed by atoms with Crippen molar-refractivity contribution >= 4 is 17.5 Å². The molecule has 0 spiro atoms. The summed E-state index contributed by atoms with van der Waals surface area (Å²) in [7, 11) is 0. The quantitative estimate of drug-likeness (QED) is 0.800. The molecule has 1 aliphatic heterocycles. The zero-order chi connectivity index (χ0) is 20.3. The monoisotopic (exact) mass is 393 g/mol. The number of aromatic nitrogens is 3. The first kappa shape index (κ1) is 19.7. The number of nitrogens with zero attached hydrogens (tertiary/aromatic N) is 5. The van der Waals surface area contributed by atoms with Gasteiger partial charge < -0.3 is 4.90 Å². The van der Waals surface area contributed by atoms with Gasteiger partial charge in [-0.05, 0) is 38.0 Å². The van der Waals surface area contributed by atoms with Crippen molar-refractivity contribution in [2.24, 2.45) is 0 Å². The summed E-state index contributed by atoms with van der Waals surface area (Å²) < 4.78 is 39.3. The Morgan fingerprint density at radius 2 is 1.93 bits per heavy atom. The van der Waals surface area contributed by atoms with E-state index in [0.29, 0.717) is 5.69 Å². The standard InChI is InChI=1S/C18H18F3N5O2/c1-12-9-15(24-11-23-12)16(27)25-7-4-13(5-8-25)26(17(28)18(19,20)21)14-3-2-6-22-10-14/h2-3,6,9-11,13H,4-5,7-8H2,1H3. The molecule has 10 heteroatoms. The van der Waals surface area contributed by atoms with E-state index < -0.39 is 18.1 Å². The van der Waals surface area contributed by atoms with Crippen LogP contribution in [0.15, 0.2) is 36.9 Å². The number of hydrogen-bond acceptors (Lipinski definition) is 5. The van der Waals surface area contributed by atoms with E-state index in [1.807, 2.05) is 0 Å². The van der Waals surface area contributed by atoms with Crippen molar-refractivity contribution in [3.63, 3.8) is 0 Å². The van der Waals surface area contributed by atoms with E-state index >= 15 is 0 Å². The van der Waals surface area contributed by atoms with E-state index in [2.05, 4.69) is 15.0 Å². The Balaban J connectivity index is 1.75. The van der Waals surface area contributed by atoms with E-state index in [0.717, 1.165) is 4.90 Å². The van der Waals surface area contributed by atoms with Crippen LogP contribution in [0.1, 0.15) is 29.0 Å². The van der Waals surface area contributed by atoms with Crippen molar-refractivity contribution in [2.75, 3.05) is 18.0 Å². The van der Waals surface area contributed by atoms with Crippen LogP contribution in [0.4, 0.5) is 18.9 Å². The Bertz CT molecular complexity index is 852. The number of hydrogen-bond donors (Lipinski definition) is 0. The highest BCUT2D eigenvalue weighted by Gasteiger charge is 2.46. The molecule has 0 aromatic carbocycles. The molecule has 2 amide bonds. The van der Waals surface area contributed by atoms with Crippen LogP contribution < -0.4 is 4.90 Å². The van der Waals surface area contributed by atoms with Crippen LogP contribution in [-0.2, 0) is 4.79 Å². The van der Waals surface area contributed by atoms with Crippen molar-refractivity contribution in [2.45, 2.75) is 32.0 Å². The maximum Gasteiger partial charge on any atom is 0.471 e. The molecule has 0 aliphatic carbocycles. The lowest BCUT2D eigenvalue weighted by Gasteiger charge is -2.38. The van der Waals surface area contributed by atoms with Gasteiger partial charge in [-0.1, -0.05) is 0 Å². The number of pyridine rings is 1. The highest BCUT2D eigenvalue weighted by atomic mass is 19.4. The molecule has 2 aromatic heterocycles. The second-order valence-corrected chi connectivity index (χ2v) is 6.45. The van der Waals surface area contributed by atoms with Crippen molar-refractivity contribution in [3.05, 3.63) is 48.3 Å². The number of carbonyl (C=O) groups excluding carboxylic acids is 2. The highest BCUT2D eigenvalue weighted by molar-refractivity contribution is 5.98. The minimum atomic E-state index is -5.00. The van der Waals surface area contributed by atoms with E-state index in [9.17, 15) is 22.8 Å². The molecule has 0 bridgehead atoms. The number of piperidine rings is 1. The Morgan fingerprint density at radius 1 is 1.21 bits per heavy atom. The smallest absolute Gasteiger partial charge is 0.337 e. The number of anilines is 1. The number of alkyl halides is 3. The molecule has 1 fully saturated rings. The Morgan fingerprint density at radius 3 is 2.50 bits per heavy atom. The van der Waals surface area contributed by atoms with Crippen molar-refractivity contribution in [1.82, 2.24) is 19.9 Å². The van der Waals surface area contributed by atoms with E-state index in [-0.39, 0.29) is 43.2 Å². The van der Waals surface area contributed by atoms with Crippen molar-refractivity contribution in [3.8, 4) is 0 Å². The topological polar surface area (TPSA) is 79.3 Å². The van der Waals surface area contributed by atoms with Gasteiger partial charge in [-0.25, -0.2) is 9.97 Å². The largest absolute Gasteiger partial charge is 0.471 e. The van der Waals surface area contributed by atoms with Crippen LogP contribution in [0.3, 0.4) is 0 Å². The minimum Gasteiger partial charge on any atom is -0.337 e. The summed E-state index contributed by atoms with van der Waals surface area (Å²) in [6.07, 6.45) is -0.628. The molecule has 7 nitrogen and oxygen atoms in total. The molecule has 1 saturated heterocycles. The van der Waals surface area contributed by atoms with Gasteiger partial charge >= 0.3 is 12.1 Å². The molecular formula is C18H18F3N5O2. The zero-order valence-corrected chi connectivity index (χ0v) is 15.1. The number of carbonyl (C=O) groups is 2. The summed E-state index contributed by atoms with van der Waals surface area (Å²) in [4.78, 5) is 38.5. The predicted molar refractivity (Wildman–Crippen MR) is 93.5 cm³/mol. The lowest BCUT2D eigenvalue weighted by atomic mass is 10.0. The molecule has 0 unspecified atom stereocenters. The Hall–Kier alpha value is -3.04. The molecule has 0 N–H and O–H groups in total. The number of likely N-dealkylation sites (tertiary alicyclic amines) is 1. The number of halogens is 3. The van der Waals surface area contributed by atoms with Gasteiger partial charge in [0.1, 0.15) is 12.0 Å². The normalized spacial score (nSPS) is 15.4. The predicted octanol–water partition coefficient (Wildman–Crippen LogP) is 2.38. The van der Waals surface area contributed by atoms with Gasteiger partial charge in [-0.2, -0.15) is 13.2 Å². The van der Waals surface area contributed by atoms with E-state index in [1.165, 1.54) is 35.8 Å². The molecule has 28 heavy (non-hydrogen) atoms. The lowest BCUT2D eigenvalue weighted by Crippen LogP contribution is -2.52. The van der Waals surface area contributed by atoms with Gasteiger partial charge in [-0.3, -0.25) is 19.5 Å². The summed E-state index contributed by atoms with van der Waals surface area (Å²) in [6, 6.07) is 3.76. The van der Waals surface area contributed by atoms with Crippen LogP contribution >= 0.6 is 0 Å². The molecule has 0 saturated carbocycles. The average molecular weight is 393 g/mol. The van der Waals surface area contributed by atoms with Crippen molar-refractivity contribution in [1.29, 1.82) is 0 Å². The fourth-order valence-corrected chi connectivity index (χ4v) is 3.19. The maximum absolute atomic E-state index is 13.1. The van der Waals surface area contributed by atoms with Gasteiger partial charge in [0.15, 0.2) is 0 Å². The van der Waals surface area contributed by atoms with Crippen LogP contribution in [0.2, 0.25) is 0 Å². The lowest BCUT2D eigenvalue weighted by molar-refractivity contribution is -0.171. The van der Waals surface area contributed by atoms with Gasteiger partial charge in [0.05, 0.1) is 11.9 Å². The van der Waals surface area contributed by atoms with Gasteiger partial charge in [0.2, 0.25) is 0 Å². The summed E-state index contributed by atoms with van der Waals surface area (Å²) in [5, 5.41) is 0. The number of aryl methyl sites for hydroxylation is 1. The zero-order valence-electron chi connectivity index (χ0n) is 15.1. The first-order valence-corrected chi connectivity index (χ1v) is 8.65. The number of rotatable bonds is 3. The van der Waals surface area contributed by atoms with Crippen LogP contribution in [0, 0.1) is 6.92 Å². The Labute approximate surface area is 159 Å². The first-order valence-electron chi connectivity index (χ1n) is 8.65. The van der Waals surface area contributed by atoms with Crippen LogP contribution in [0.25, 0.3) is 0 Å². The first-order chi connectivity index (χ1) is 13.3. The molecule has 0 radical (unpaired) electrons. The van der Waals surface area contributed by atoms with Gasteiger partial charge in [0.25, 0.3) is 5.91 Å². The summed E-state index contributed by atoms with van der Waals surface area (Å²) >= 11 is 0. The summed E-state index contributed by atoms with van der Waals surface area (Å²) in [6.45, 7) is 2.17. The van der Waals surface area contributed by atoms with Crippen molar-refractivity contribution < 1.29 is 22.8 Å². The average Bonchev–Trinajstić information content (AvgIpc) is 2.68. The second-order valence-electron chi connectivity index (χ2n) is 6.45. The van der Waals surface area contributed by atoms with E-state index in [4.69, 9.17) is 0 Å². The summed E-state index contributed by atoms with van der Waals surface area (Å²) in [5.74, 6) is -2.24. The molecule has 2 aromatic rings. The SMILES string of the molecule is Cc1cc(C(=O)N2CCC(N(C(=O)C(F)(F)F)c3cccnc3)CC2)ncn1. The second kappa shape index (κ2) is 7.91. The third-order valence-electron chi connectivity index (χ3n) is 4.53. The minimum absolute atomic E-state index is 0.0843. The molecule has 0 atom stereocenters. The molecule has 148 valence electrons. The third-order valence-corrected chi connectivity index (χ3v) is 4.53. The highest BCUT2D eigenvalue weighted by Crippen LogP contribution is 2.29. The van der Waals surface area contributed by atoms with Crippen LogP contribution in [-0.4, -0.2) is 57.0 Å². The fraction of sp³-hybridized carbons (Fsp3) is 0.389. The molecular weight excluding hydrogens is 375 g/mol. The third kappa shape index (κ3) is 4.26. The molecule has 1 aliphatic rings. The van der Waals surface area contributed by atoms with Gasteiger partial charge in [-0.15, -0.1) is 0 Å². The fourth-order valence-electron chi connectivity index (χ4n) is 3.19. The molecule has 3 rings (SSSR count). The molecule has 3 heterocycles. The van der Waals surface area contributed by atoms with E-state index in [1.54, 1.807) is 13.0 Å². The van der Waals surface area contributed by atoms with Crippen LogP contribution in [0.5, 0.6) is 0 Å². The van der Waals surface area contributed by atoms with Gasteiger partial charge in [0, 0.05) is 31.0 Å². The maximum atomic E-state index is 13.1. The Kier molecular flexibility index (Phi) is 5.57. The summed E-state index contributed by atoms with van der Waals surface area (Å²) in [5.41, 5.74) is 0.967.